The van der Waals surface area contributed by atoms with E-state index in [4.69, 9.17) is 16.3 Å². The van der Waals surface area contributed by atoms with Crippen LogP contribution in [0, 0.1) is 0 Å². The van der Waals surface area contributed by atoms with Gasteiger partial charge in [-0.2, -0.15) is 0 Å². The second-order valence-electron chi connectivity index (χ2n) is 5.76. The van der Waals surface area contributed by atoms with Crippen LogP contribution in [0.25, 0.3) is 0 Å². The molecular weight excluding hydrogens is 302 g/mol. The maximum Gasteiger partial charge on any atom is 0.409 e. The lowest BCUT2D eigenvalue weighted by Gasteiger charge is -2.36. The van der Waals surface area contributed by atoms with Crippen molar-refractivity contribution in [1.29, 1.82) is 0 Å². The first-order valence-corrected chi connectivity index (χ1v) is 8.25. The van der Waals surface area contributed by atoms with Gasteiger partial charge in [0, 0.05) is 43.4 Å². The predicted octanol–water partition coefficient (Wildman–Crippen LogP) is 2.30. The molecule has 22 heavy (non-hydrogen) atoms. The van der Waals surface area contributed by atoms with Crippen LogP contribution in [0.3, 0.4) is 0 Å². The minimum Gasteiger partial charge on any atom is -0.448 e. The fourth-order valence-electron chi connectivity index (χ4n) is 3.02. The molecule has 120 valence electrons. The molecule has 2 saturated heterocycles. The number of halogens is 1. The molecule has 0 saturated carbocycles. The van der Waals surface area contributed by atoms with Gasteiger partial charge in [-0.15, -0.1) is 0 Å². The van der Waals surface area contributed by atoms with Crippen molar-refractivity contribution in [3.8, 4) is 0 Å². The van der Waals surface area contributed by atoms with Gasteiger partial charge in [0.1, 0.15) is 6.61 Å². The molecule has 2 aliphatic rings. The summed E-state index contributed by atoms with van der Waals surface area (Å²) in [4.78, 5) is 18.0. The number of ether oxygens (including phenoxy) is 1. The number of carbonyl (C=O) groups is 1. The van der Waals surface area contributed by atoms with Crippen LogP contribution in [0.5, 0.6) is 0 Å². The van der Waals surface area contributed by atoms with Crippen LogP contribution >= 0.6 is 11.6 Å². The van der Waals surface area contributed by atoms with Crippen molar-refractivity contribution in [2.24, 2.45) is 0 Å². The number of hydrogen-bond donors (Lipinski definition) is 0. The van der Waals surface area contributed by atoms with Crippen molar-refractivity contribution < 1.29 is 9.53 Å². The summed E-state index contributed by atoms with van der Waals surface area (Å²) in [7, 11) is 0. The number of anilines is 1. The third-order valence-corrected chi connectivity index (χ3v) is 4.53. The van der Waals surface area contributed by atoms with Gasteiger partial charge in [0.25, 0.3) is 0 Å². The molecule has 0 unspecified atom stereocenters. The summed E-state index contributed by atoms with van der Waals surface area (Å²) >= 11 is 6.06. The molecule has 0 aliphatic carbocycles. The Morgan fingerprint density at radius 2 is 1.91 bits per heavy atom. The van der Waals surface area contributed by atoms with E-state index in [2.05, 4.69) is 15.9 Å². The summed E-state index contributed by atoms with van der Waals surface area (Å²) in [6.07, 6.45) is 0.845. The van der Waals surface area contributed by atoms with Gasteiger partial charge >= 0.3 is 6.09 Å². The van der Waals surface area contributed by atoms with Crippen molar-refractivity contribution in [1.82, 2.24) is 9.80 Å². The SMILES string of the molecule is O=C1OCCN1CCCN1CCN(c2cccc(Cl)c2)CC1. The molecule has 1 amide bonds. The van der Waals surface area contributed by atoms with Crippen molar-refractivity contribution >= 4 is 23.4 Å². The summed E-state index contributed by atoms with van der Waals surface area (Å²) in [5.74, 6) is 0. The number of amides is 1. The minimum absolute atomic E-state index is 0.161. The van der Waals surface area contributed by atoms with Gasteiger partial charge in [0.05, 0.1) is 6.54 Å². The van der Waals surface area contributed by atoms with Gasteiger partial charge in [0.2, 0.25) is 0 Å². The monoisotopic (exact) mass is 323 g/mol. The fourth-order valence-corrected chi connectivity index (χ4v) is 3.20. The molecular formula is C16H22ClN3O2. The number of carbonyl (C=O) groups excluding carboxylic acids is 1. The standard InChI is InChI=1S/C16H22ClN3O2/c17-14-3-1-4-15(13-14)19-9-7-18(8-10-19)5-2-6-20-11-12-22-16(20)21/h1,3-4,13H,2,5-12H2. The van der Waals surface area contributed by atoms with Crippen LogP contribution in [-0.2, 0) is 4.74 Å². The van der Waals surface area contributed by atoms with E-state index in [0.29, 0.717) is 6.61 Å². The molecule has 0 spiro atoms. The highest BCUT2D eigenvalue weighted by atomic mass is 35.5. The van der Waals surface area contributed by atoms with Gasteiger partial charge in [-0.25, -0.2) is 4.79 Å². The van der Waals surface area contributed by atoms with E-state index >= 15 is 0 Å². The first-order chi connectivity index (χ1) is 10.7. The minimum atomic E-state index is -0.161. The van der Waals surface area contributed by atoms with E-state index in [1.807, 2.05) is 18.2 Å². The highest BCUT2D eigenvalue weighted by molar-refractivity contribution is 6.30. The lowest BCUT2D eigenvalue weighted by Crippen LogP contribution is -2.47. The van der Waals surface area contributed by atoms with Crippen LogP contribution < -0.4 is 4.90 Å². The maximum atomic E-state index is 11.4. The zero-order valence-electron chi connectivity index (χ0n) is 12.7. The number of cyclic esters (lactones) is 1. The quantitative estimate of drug-likeness (QED) is 0.833. The molecule has 0 N–H and O–H groups in total. The predicted molar refractivity (Wildman–Crippen MR) is 87.6 cm³/mol. The Labute approximate surface area is 136 Å². The highest BCUT2D eigenvalue weighted by Gasteiger charge is 2.22. The summed E-state index contributed by atoms with van der Waals surface area (Å²) < 4.78 is 4.94. The lowest BCUT2D eigenvalue weighted by atomic mass is 10.2. The van der Waals surface area contributed by atoms with Crippen LogP contribution in [0.4, 0.5) is 10.5 Å². The van der Waals surface area contributed by atoms with E-state index in [1.54, 1.807) is 4.90 Å². The Balaban J connectivity index is 1.39. The summed E-state index contributed by atoms with van der Waals surface area (Å²) in [6, 6.07) is 8.04. The number of hydrogen-bond acceptors (Lipinski definition) is 4. The number of piperazine rings is 1. The van der Waals surface area contributed by atoms with Crippen LogP contribution in [-0.4, -0.2) is 68.3 Å². The fraction of sp³-hybridized carbons (Fsp3) is 0.562. The first-order valence-electron chi connectivity index (χ1n) is 7.87. The number of nitrogens with zero attached hydrogens (tertiary/aromatic N) is 3. The molecule has 6 heteroatoms. The summed E-state index contributed by atoms with van der Waals surface area (Å²) in [5, 5.41) is 0.789. The molecule has 2 fully saturated rings. The molecule has 2 heterocycles. The molecule has 2 aliphatic heterocycles. The third-order valence-electron chi connectivity index (χ3n) is 4.29. The summed E-state index contributed by atoms with van der Waals surface area (Å²) in [6.45, 7) is 7.26. The zero-order valence-corrected chi connectivity index (χ0v) is 13.5. The smallest absolute Gasteiger partial charge is 0.409 e. The molecule has 1 aromatic rings. The normalized spacial score (nSPS) is 19.6. The van der Waals surface area contributed by atoms with Crippen molar-refractivity contribution in [2.75, 3.05) is 57.3 Å². The Kier molecular flexibility index (Phi) is 5.05. The van der Waals surface area contributed by atoms with Gasteiger partial charge < -0.3 is 14.5 Å². The maximum absolute atomic E-state index is 11.4. The Morgan fingerprint density at radius 1 is 1.09 bits per heavy atom. The van der Waals surface area contributed by atoms with E-state index < -0.39 is 0 Å². The lowest BCUT2D eigenvalue weighted by molar-refractivity contribution is 0.156. The second-order valence-corrected chi connectivity index (χ2v) is 6.20. The average Bonchev–Trinajstić information content (AvgIpc) is 2.93. The second kappa shape index (κ2) is 7.20. The number of benzene rings is 1. The zero-order chi connectivity index (χ0) is 15.4. The molecule has 0 radical (unpaired) electrons. The average molecular weight is 324 g/mol. The molecule has 1 aromatic carbocycles. The van der Waals surface area contributed by atoms with Gasteiger partial charge in [-0.1, -0.05) is 17.7 Å². The molecule has 0 atom stereocenters. The van der Waals surface area contributed by atoms with E-state index in [9.17, 15) is 4.79 Å². The topological polar surface area (TPSA) is 36.0 Å². The van der Waals surface area contributed by atoms with E-state index in [0.717, 1.165) is 57.3 Å². The van der Waals surface area contributed by atoms with Crippen LogP contribution in [0.15, 0.2) is 24.3 Å². The van der Waals surface area contributed by atoms with Crippen molar-refractivity contribution in [3.63, 3.8) is 0 Å². The highest BCUT2D eigenvalue weighted by Crippen LogP contribution is 2.20. The Bertz CT molecular complexity index is 518. The van der Waals surface area contributed by atoms with Crippen LogP contribution in [0.2, 0.25) is 5.02 Å². The molecule has 0 aromatic heterocycles. The largest absolute Gasteiger partial charge is 0.448 e. The Morgan fingerprint density at radius 3 is 2.59 bits per heavy atom. The Hall–Kier alpha value is -1.46. The number of rotatable bonds is 5. The molecule has 3 rings (SSSR count). The third kappa shape index (κ3) is 3.84. The molecule has 5 nitrogen and oxygen atoms in total. The van der Waals surface area contributed by atoms with Crippen molar-refractivity contribution in [2.45, 2.75) is 6.42 Å². The van der Waals surface area contributed by atoms with Gasteiger partial charge in [-0.05, 0) is 31.2 Å². The first kappa shape index (κ1) is 15.4. The van der Waals surface area contributed by atoms with Gasteiger partial charge in [0.15, 0.2) is 0 Å². The van der Waals surface area contributed by atoms with Gasteiger partial charge in [-0.3, -0.25) is 4.90 Å². The molecule has 0 bridgehead atoms. The van der Waals surface area contributed by atoms with E-state index in [1.165, 1.54) is 5.69 Å². The van der Waals surface area contributed by atoms with Crippen molar-refractivity contribution in [3.05, 3.63) is 29.3 Å². The van der Waals surface area contributed by atoms with Crippen LogP contribution in [0.1, 0.15) is 6.42 Å². The summed E-state index contributed by atoms with van der Waals surface area (Å²) in [5.41, 5.74) is 1.20. The van der Waals surface area contributed by atoms with E-state index in [-0.39, 0.29) is 6.09 Å².